The van der Waals surface area contributed by atoms with Crippen molar-refractivity contribution in [2.45, 2.75) is 25.1 Å². The third-order valence-electron chi connectivity index (χ3n) is 3.83. The number of ether oxygens (including phenoxy) is 2. The first kappa shape index (κ1) is 14.5. The lowest BCUT2D eigenvalue weighted by molar-refractivity contribution is 0.171. The molecule has 2 aromatic carbocycles. The summed E-state index contributed by atoms with van der Waals surface area (Å²) in [5, 5.41) is 0. The fraction of sp³-hybridized carbons (Fsp3) is 0.333. The molecule has 1 heterocycles. The minimum absolute atomic E-state index is 0.272. The topological polar surface area (TPSA) is 18.5 Å². The van der Waals surface area contributed by atoms with E-state index in [1.165, 1.54) is 22.3 Å². The normalized spacial score (nSPS) is 14.8. The fourth-order valence-corrected chi connectivity index (χ4v) is 3.22. The van der Waals surface area contributed by atoms with Crippen molar-refractivity contribution in [3.05, 3.63) is 58.7 Å². The number of hydrogen-bond acceptors (Lipinski definition) is 2. The molecule has 21 heavy (non-hydrogen) atoms. The van der Waals surface area contributed by atoms with Crippen molar-refractivity contribution < 1.29 is 9.47 Å². The van der Waals surface area contributed by atoms with Gasteiger partial charge in [0.25, 0.3) is 0 Å². The molecule has 0 aliphatic carbocycles. The van der Waals surface area contributed by atoms with E-state index in [2.05, 4.69) is 60.1 Å². The Morgan fingerprint density at radius 1 is 1.00 bits per heavy atom. The Morgan fingerprint density at radius 2 is 1.76 bits per heavy atom. The van der Waals surface area contributed by atoms with Gasteiger partial charge in [0, 0.05) is 4.83 Å². The molecule has 0 N–H and O–H groups in total. The Labute approximate surface area is 134 Å². The van der Waals surface area contributed by atoms with Crippen LogP contribution in [0.15, 0.2) is 36.4 Å². The number of halogens is 1. The lowest BCUT2D eigenvalue weighted by atomic mass is 9.98. The van der Waals surface area contributed by atoms with Gasteiger partial charge in [0.1, 0.15) is 13.2 Å². The molecule has 1 atom stereocenters. The van der Waals surface area contributed by atoms with Gasteiger partial charge in [0.05, 0.1) is 0 Å². The Balaban J connectivity index is 1.82. The zero-order valence-corrected chi connectivity index (χ0v) is 13.9. The fourth-order valence-electron chi connectivity index (χ4n) is 2.59. The minimum atomic E-state index is 0.272. The summed E-state index contributed by atoms with van der Waals surface area (Å²) in [6.07, 6.45) is 0.965. The van der Waals surface area contributed by atoms with Crippen LogP contribution in [-0.2, 0) is 6.42 Å². The van der Waals surface area contributed by atoms with E-state index >= 15 is 0 Å². The van der Waals surface area contributed by atoms with E-state index in [0.717, 1.165) is 17.9 Å². The van der Waals surface area contributed by atoms with E-state index in [1.807, 2.05) is 6.07 Å². The van der Waals surface area contributed by atoms with Gasteiger partial charge in [-0.2, -0.15) is 0 Å². The molecule has 0 saturated heterocycles. The smallest absolute Gasteiger partial charge is 0.161 e. The van der Waals surface area contributed by atoms with Gasteiger partial charge >= 0.3 is 0 Å². The summed E-state index contributed by atoms with van der Waals surface area (Å²) >= 11 is 3.81. The van der Waals surface area contributed by atoms with Crippen molar-refractivity contribution in [1.29, 1.82) is 0 Å². The summed E-state index contributed by atoms with van der Waals surface area (Å²) in [7, 11) is 0. The Bertz CT molecular complexity index is 652. The SMILES string of the molecule is Cc1ccc(C)c(CC(Br)c2ccc3c(c2)OCCO3)c1. The van der Waals surface area contributed by atoms with Crippen LogP contribution in [0.2, 0.25) is 0 Å². The first-order valence-corrected chi connectivity index (χ1v) is 8.15. The first-order valence-electron chi connectivity index (χ1n) is 7.23. The highest BCUT2D eigenvalue weighted by Crippen LogP contribution is 2.36. The van der Waals surface area contributed by atoms with Gasteiger partial charge in [-0.3, -0.25) is 0 Å². The minimum Gasteiger partial charge on any atom is -0.486 e. The zero-order valence-electron chi connectivity index (χ0n) is 12.4. The Morgan fingerprint density at radius 3 is 2.57 bits per heavy atom. The third kappa shape index (κ3) is 3.24. The molecule has 1 unspecified atom stereocenters. The maximum absolute atomic E-state index is 5.66. The monoisotopic (exact) mass is 346 g/mol. The van der Waals surface area contributed by atoms with Crippen molar-refractivity contribution in [3.8, 4) is 11.5 Å². The number of benzene rings is 2. The molecule has 0 aromatic heterocycles. The van der Waals surface area contributed by atoms with E-state index in [0.29, 0.717) is 13.2 Å². The summed E-state index contributed by atoms with van der Waals surface area (Å²) in [4.78, 5) is 0.272. The van der Waals surface area contributed by atoms with Gasteiger partial charge in [-0.25, -0.2) is 0 Å². The Kier molecular flexibility index (Phi) is 4.20. The van der Waals surface area contributed by atoms with Crippen LogP contribution in [0.25, 0.3) is 0 Å². The largest absolute Gasteiger partial charge is 0.486 e. The molecule has 0 bridgehead atoms. The van der Waals surface area contributed by atoms with Gasteiger partial charge in [0.2, 0.25) is 0 Å². The van der Waals surface area contributed by atoms with Crippen LogP contribution in [-0.4, -0.2) is 13.2 Å². The van der Waals surface area contributed by atoms with E-state index in [-0.39, 0.29) is 4.83 Å². The molecule has 3 heteroatoms. The lowest BCUT2D eigenvalue weighted by Crippen LogP contribution is -2.15. The second-order valence-corrected chi connectivity index (χ2v) is 6.61. The third-order valence-corrected chi connectivity index (χ3v) is 4.68. The Hall–Kier alpha value is -1.48. The van der Waals surface area contributed by atoms with Crippen molar-refractivity contribution in [3.63, 3.8) is 0 Å². The molecular weight excluding hydrogens is 328 g/mol. The maximum Gasteiger partial charge on any atom is 0.161 e. The van der Waals surface area contributed by atoms with Crippen molar-refractivity contribution in [2.24, 2.45) is 0 Å². The molecule has 1 aliphatic heterocycles. The van der Waals surface area contributed by atoms with Gasteiger partial charge < -0.3 is 9.47 Å². The molecular formula is C18H19BrO2. The predicted octanol–water partition coefficient (Wildman–Crippen LogP) is 4.75. The highest BCUT2D eigenvalue weighted by Gasteiger charge is 2.16. The lowest BCUT2D eigenvalue weighted by Gasteiger charge is -2.20. The molecule has 0 fully saturated rings. The van der Waals surface area contributed by atoms with Gasteiger partial charge in [-0.15, -0.1) is 0 Å². The standard InChI is InChI=1S/C18H19BrO2/c1-12-3-4-13(2)15(9-12)10-16(19)14-5-6-17-18(11-14)21-8-7-20-17/h3-6,9,11,16H,7-8,10H2,1-2H3. The van der Waals surface area contributed by atoms with Gasteiger partial charge in [0.15, 0.2) is 11.5 Å². The number of hydrogen-bond donors (Lipinski definition) is 0. The molecule has 0 radical (unpaired) electrons. The second-order valence-electron chi connectivity index (χ2n) is 5.50. The van der Waals surface area contributed by atoms with Crippen molar-refractivity contribution >= 4 is 15.9 Å². The highest BCUT2D eigenvalue weighted by molar-refractivity contribution is 9.09. The summed E-state index contributed by atoms with van der Waals surface area (Å²) in [6.45, 7) is 5.56. The molecule has 0 spiro atoms. The number of aryl methyl sites for hydroxylation is 2. The van der Waals surface area contributed by atoms with Crippen LogP contribution in [0.3, 0.4) is 0 Å². The summed E-state index contributed by atoms with van der Waals surface area (Å²) in [5.74, 6) is 1.70. The maximum atomic E-state index is 5.66. The van der Waals surface area contributed by atoms with Crippen LogP contribution in [0.4, 0.5) is 0 Å². The van der Waals surface area contributed by atoms with Gasteiger partial charge in [-0.1, -0.05) is 45.8 Å². The molecule has 2 aromatic rings. The van der Waals surface area contributed by atoms with E-state index in [1.54, 1.807) is 0 Å². The molecule has 1 aliphatic rings. The van der Waals surface area contributed by atoms with E-state index in [4.69, 9.17) is 9.47 Å². The summed E-state index contributed by atoms with van der Waals surface area (Å²) < 4.78 is 11.2. The number of fused-ring (bicyclic) bond motifs is 1. The van der Waals surface area contributed by atoms with Crippen LogP contribution >= 0.6 is 15.9 Å². The predicted molar refractivity (Wildman–Crippen MR) is 88.7 cm³/mol. The first-order chi connectivity index (χ1) is 10.1. The van der Waals surface area contributed by atoms with Crippen LogP contribution in [0, 0.1) is 13.8 Å². The average molecular weight is 347 g/mol. The number of rotatable bonds is 3. The second kappa shape index (κ2) is 6.10. The van der Waals surface area contributed by atoms with Crippen molar-refractivity contribution in [2.75, 3.05) is 13.2 Å². The van der Waals surface area contributed by atoms with Crippen LogP contribution in [0.1, 0.15) is 27.1 Å². The zero-order chi connectivity index (χ0) is 14.8. The van der Waals surface area contributed by atoms with Crippen molar-refractivity contribution in [1.82, 2.24) is 0 Å². The van der Waals surface area contributed by atoms with E-state index < -0.39 is 0 Å². The summed E-state index contributed by atoms with van der Waals surface area (Å²) in [5.41, 5.74) is 5.24. The van der Waals surface area contributed by atoms with E-state index in [9.17, 15) is 0 Å². The molecule has 2 nitrogen and oxygen atoms in total. The quantitative estimate of drug-likeness (QED) is 0.746. The van der Waals surface area contributed by atoms with Crippen LogP contribution < -0.4 is 9.47 Å². The average Bonchev–Trinajstić information content (AvgIpc) is 2.50. The van der Waals surface area contributed by atoms with Gasteiger partial charge in [-0.05, 0) is 49.1 Å². The highest BCUT2D eigenvalue weighted by atomic mass is 79.9. The van der Waals surface area contributed by atoms with Crippen LogP contribution in [0.5, 0.6) is 11.5 Å². The molecule has 0 amide bonds. The number of alkyl halides is 1. The molecule has 3 rings (SSSR count). The molecule has 110 valence electrons. The summed E-state index contributed by atoms with van der Waals surface area (Å²) in [6, 6.07) is 12.8. The molecule has 0 saturated carbocycles.